The van der Waals surface area contributed by atoms with Crippen molar-refractivity contribution in [1.29, 1.82) is 0 Å². The van der Waals surface area contributed by atoms with E-state index in [9.17, 15) is 24.2 Å². The highest BCUT2D eigenvalue weighted by Crippen LogP contribution is 2.43. The van der Waals surface area contributed by atoms with Crippen molar-refractivity contribution in [3.63, 3.8) is 0 Å². The smallest absolute Gasteiger partial charge is 0.462 e. The summed E-state index contributed by atoms with van der Waals surface area (Å²) in [6.07, 6.45) is 48.7. The number of likely N-dealkylation sites (N-methyl/N-ethyl adjacent to an activating group) is 1. The first kappa shape index (κ1) is 58.4. The molecule has 61 heavy (non-hydrogen) atoms. The first-order valence-electron chi connectivity index (χ1n) is 23.8. The molecule has 352 valence electrons. The molecule has 0 fully saturated rings. The SMILES string of the molecule is CC/C=C\C(O)C/C=C/C=C\C/C=C\C/C=C\CCCC(=O)OC[C@H](COP(=O)(O)OCC[N+](C)(C)C)OC(=O)CCCCCCCCCCC/C=C\CCCCCCCC. The van der Waals surface area contributed by atoms with E-state index in [0.717, 1.165) is 38.5 Å². The van der Waals surface area contributed by atoms with Crippen LogP contribution in [-0.2, 0) is 32.7 Å². The molecule has 0 rings (SSSR count). The van der Waals surface area contributed by atoms with Gasteiger partial charge in [0.1, 0.15) is 19.8 Å². The zero-order valence-corrected chi connectivity index (χ0v) is 40.1. The van der Waals surface area contributed by atoms with E-state index >= 15 is 0 Å². The average molecular weight is 879 g/mol. The Morgan fingerprint density at radius 1 is 0.607 bits per heavy atom. The number of aliphatic hydroxyl groups excluding tert-OH is 1. The summed E-state index contributed by atoms with van der Waals surface area (Å²) in [6.45, 7) is 4.10. The molecule has 0 aliphatic rings. The zero-order chi connectivity index (χ0) is 45.1. The second-order valence-electron chi connectivity index (χ2n) is 17.0. The molecule has 0 aromatic carbocycles. The fourth-order valence-electron chi connectivity index (χ4n) is 6.06. The van der Waals surface area contributed by atoms with Gasteiger partial charge in [0.05, 0.1) is 33.9 Å². The summed E-state index contributed by atoms with van der Waals surface area (Å²) < 4.78 is 34.3. The standard InChI is InChI=1S/C50H88NO9P/c1-6-8-10-11-12-13-14-15-16-17-18-19-20-21-26-29-32-35-38-42-50(54)60-48(46-59-61(55,56)58-44-43-51(3,4)5)45-57-49(53)41-37-34-31-28-25-23-22-24-27-30-33-36-40-47(52)39-9-7-2/h9,15-16,22-23,27-28,30-31,33,36,39,47-48,52H,6-8,10-14,17-21,24-26,29,32,34-35,37-38,40-46H2,1-5H3/p+1/b16-15-,23-22-,30-27-,31-28-,36-33+,39-9-/t47?,48-/m1/s1. The number of esters is 2. The highest BCUT2D eigenvalue weighted by Gasteiger charge is 2.27. The van der Waals surface area contributed by atoms with Crippen LogP contribution < -0.4 is 0 Å². The normalized spacial score (nSPS) is 14.7. The Morgan fingerprint density at radius 2 is 1.13 bits per heavy atom. The van der Waals surface area contributed by atoms with Gasteiger partial charge in [0.15, 0.2) is 6.10 Å². The van der Waals surface area contributed by atoms with Crippen LogP contribution in [0.25, 0.3) is 0 Å². The lowest BCUT2D eigenvalue weighted by atomic mass is 10.1. The van der Waals surface area contributed by atoms with Crippen molar-refractivity contribution in [3.8, 4) is 0 Å². The van der Waals surface area contributed by atoms with Gasteiger partial charge in [-0.1, -0.05) is 164 Å². The van der Waals surface area contributed by atoms with Crippen molar-refractivity contribution >= 4 is 19.8 Å². The van der Waals surface area contributed by atoms with Crippen LogP contribution in [0.4, 0.5) is 0 Å². The van der Waals surface area contributed by atoms with E-state index in [1.54, 1.807) is 0 Å². The Kier molecular flexibility index (Phi) is 39.7. The summed E-state index contributed by atoms with van der Waals surface area (Å²) in [5, 5.41) is 9.78. The van der Waals surface area contributed by atoms with Gasteiger partial charge in [-0.05, 0) is 70.6 Å². The monoisotopic (exact) mass is 879 g/mol. The summed E-state index contributed by atoms with van der Waals surface area (Å²) in [7, 11) is 1.41. The van der Waals surface area contributed by atoms with Crippen LogP contribution in [0.3, 0.4) is 0 Å². The van der Waals surface area contributed by atoms with Gasteiger partial charge in [-0.15, -0.1) is 0 Å². The van der Waals surface area contributed by atoms with Crippen molar-refractivity contribution in [2.75, 3.05) is 47.5 Å². The van der Waals surface area contributed by atoms with Gasteiger partial charge in [-0.3, -0.25) is 18.6 Å². The van der Waals surface area contributed by atoms with E-state index in [2.05, 4.69) is 43.4 Å². The van der Waals surface area contributed by atoms with Crippen LogP contribution in [0.1, 0.15) is 174 Å². The Bertz CT molecular complexity index is 1280. The van der Waals surface area contributed by atoms with Gasteiger partial charge in [-0.2, -0.15) is 0 Å². The number of aliphatic hydroxyl groups is 1. The molecule has 2 unspecified atom stereocenters. The number of phosphoric ester groups is 1. The van der Waals surface area contributed by atoms with Gasteiger partial charge in [-0.25, -0.2) is 4.57 Å². The van der Waals surface area contributed by atoms with E-state index in [1.807, 2.05) is 64.5 Å². The lowest BCUT2D eigenvalue weighted by Crippen LogP contribution is -2.37. The van der Waals surface area contributed by atoms with Crippen LogP contribution in [0, 0.1) is 0 Å². The molecule has 0 heterocycles. The molecule has 0 saturated carbocycles. The quantitative estimate of drug-likeness (QED) is 0.0154. The molecule has 3 atom stereocenters. The number of phosphoric acid groups is 1. The molecular weight excluding hydrogens is 790 g/mol. The van der Waals surface area contributed by atoms with Crippen molar-refractivity contribution in [1.82, 2.24) is 0 Å². The third-order valence-corrected chi connectivity index (χ3v) is 10.8. The number of allylic oxidation sites excluding steroid dienone is 10. The molecule has 0 amide bonds. The highest BCUT2D eigenvalue weighted by atomic mass is 31.2. The minimum absolute atomic E-state index is 0.0123. The minimum atomic E-state index is -4.40. The van der Waals surface area contributed by atoms with E-state index in [0.29, 0.717) is 36.7 Å². The maximum absolute atomic E-state index is 12.7. The Balaban J connectivity index is 4.43. The number of ether oxygens (including phenoxy) is 2. The largest absolute Gasteiger partial charge is 0.472 e. The van der Waals surface area contributed by atoms with E-state index in [4.69, 9.17) is 18.5 Å². The number of hydrogen-bond acceptors (Lipinski definition) is 8. The molecular formula is C50H89NO9P+. The van der Waals surface area contributed by atoms with Crippen LogP contribution in [0.5, 0.6) is 0 Å². The maximum atomic E-state index is 12.7. The summed E-state index contributed by atoms with van der Waals surface area (Å²) in [5.74, 6) is -0.896. The fraction of sp³-hybridized carbons (Fsp3) is 0.720. The number of rotatable bonds is 42. The van der Waals surface area contributed by atoms with Crippen molar-refractivity contribution in [3.05, 3.63) is 72.9 Å². The molecule has 0 saturated heterocycles. The highest BCUT2D eigenvalue weighted by molar-refractivity contribution is 7.47. The lowest BCUT2D eigenvalue weighted by Gasteiger charge is -2.24. The zero-order valence-electron chi connectivity index (χ0n) is 39.2. The van der Waals surface area contributed by atoms with Crippen LogP contribution in [0.15, 0.2) is 72.9 Å². The van der Waals surface area contributed by atoms with E-state index < -0.39 is 38.6 Å². The number of carbonyl (C=O) groups excluding carboxylic acids is 2. The number of nitrogens with zero attached hydrogens (tertiary/aromatic N) is 1. The van der Waals surface area contributed by atoms with E-state index in [1.165, 1.54) is 83.5 Å². The number of quaternary nitrogens is 1. The predicted octanol–water partition coefficient (Wildman–Crippen LogP) is 12.8. The van der Waals surface area contributed by atoms with Crippen molar-refractivity contribution < 1.29 is 47.2 Å². The Labute approximate surface area is 372 Å². The number of carbonyl (C=O) groups is 2. The van der Waals surface area contributed by atoms with Gasteiger partial charge in [0.25, 0.3) is 0 Å². The number of hydrogen-bond donors (Lipinski definition) is 2. The van der Waals surface area contributed by atoms with Gasteiger partial charge < -0.3 is 24.0 Å². The number of unbranched alkanes of at least 4 members (excludes halogenated alkanes) is 16. The van der Waals surface area contributed by atoms with Crippen molar-refractivity contribution in [2.45, 2.75) is 187 Å². The summed E-state index contributed by atoms with van der Waals surface area (Å²) in [6, 6.07) is 0. The second-order valence-corrected chi connectivity index (χ2v) is 18.4. The Morgan fingerprint density at radius 3 is 1.75 bits per heavy atom. The third-order valence-electron chi connectivity index (χ3n) is 9.80. The molecule has 0 aromatic heterocycles. The lowest BCUT2D eigenvalue weighted by molar-refractivity contribution is -0.870. The van der Waals surface area contributed by atoms with Gasteiger partial charge in [0.2, 0.25) is 0 Å². The summed E-state index contributed by atoms with van der Waals surface area (Å²) in [5.41, 5.74) is 0. The Hall–Kier alpha value is -2.59. The summed E-state index contributed by atoms with van der Waals surface area (Å²) >= 11 is 0. The molecule has 11 heteroatoms. The first-order chi connectivity index (χ1) is 29.4. The van der Waals surface area contributed by atoms with Crippen LogP contribution in [-0.4, -0.2) is 86.1 Å². The van der Waals surface area contributed by atoms with Gasteiger partial charge in [0, 0.05) is 12.8 Å². The van der Waals surface area contributed by atoms with Crippen molar-refractivity contribution in [2.24, 2.45) is 0 Å². The molecule has 0 aromatic rings. The molecule has 0 radical (unpaired) electrons. The molecule has 2 N–H and O–H groups in total. The predicted molar refractivity (Wildman–Crippen MR) is 253 cm³/mol. The van der Waals surface area contributed by atoms with Crippen LogP contribution >= 0.6 is 7.82 Å². The average Bonchev–Trinajstić information content (AvgIpc) is 3.21. The third kappa shape index (κ3) is 45.3. The van der Waals surface area contributed by atoms with E-state index in [-0.39, 0.29) is 26.1 Å². The fourth-order valence-corrected chi connectivity index (χ4v) is 6.81. The molecule has 0 aliphatic carbocycles. The molecule has 0 bridgehead atoms. The molecule has 10 nitrogen and oxygen atoms in total. The second kappa shape index (κ2) is 41.4. The molecule has 0 spiro atoms. The van der Waals surface area contributed by atoms with Gasteiger partial charge >= 0.3 is 19.8 Å². The van der Waals surface area contributed by atoms with Crippen LogP contribution in [0.2, 0.25) is 0 Å². The minimum Gasteiger partial charge on any atom is -0.462 e. The maximum Gasteiger partial charge on any atom is 0.472 e. The topological polar surface area (TPSA) is 129 Å². The summed E-state index contributed by atoms with van der Waals surface area (Å²) in [4.78, 5) is 35.4. The first-order valence-corrected chi connectivity index (χ1v) is 25.3. The molecule has 0 aliphatic heterocycles.